The molecule has 0 aromatic carbocycles. The maximum absolute atomic E-state index is 13.1. The molecule has 2 aliphatic heterocycles. The molecular formula is C12H15F3N4O3S. The van der Waals surface area contributed by atoms with Crippen molar-refractivity contribution in [2.45, 2.75) is 19.3 Å². The van der Waals surface area contributed by atoms with Crippen LogP contribution in [0.1, 0.15) is 22.0 Å². The molecule has 0 saturated carbocycles. The quantitative estimate of drug-likeness (QED) is 0.762. The van der Waals surface area contributed by atoms with Gasteiger partial charge in [-0.25, -0.2) is 13.4 Å². The third-order valence-corrected chi connectivity index (χ3v) is 5.57. The number of hydrogen-bond acceptors (Lipinski definition) is 5. The van der Waals surface area contributed by atoms with Crippen molar-refractivity contribution in [3.63, 3.8) is 0 Å². The van der Waals surface area contributed by atoms with E-state index < -0.39 is 27.7 Å². The van der Waals surface area contributed by atoms with Gasteiger partial charge in [-0.1, -0.05) is 0 Å². The van der Waals surface area contributed by atoms with E-state index in [0.717, 1.165) is 4.57 Å². The molecule has 0 spiro atoms. The summed E-state index contributed by atoms with van der Waals surface area (Å²) in [5.74, 6) is -2.09. The number of carbonyl (C=O) groups is 1. The van der Waals surface area contributed by atoms with Crippen LogP contribution in [0.4, 0.5) is 13.2 Å². The molecule has 1 aromatic heterocycles. The first-order valence-electron chi connectivity index (χ1n) is 7.06. The second kappa shape index (κ2) is 5.48. The molecule has 7 nitrogen and oxygen atoms in total. The zero-order valence-electron chi connectivity index (χ0n) is 12.1. The van der Waals surface area contributed by atoms with Gasteiger partial charge in [0.25, 0.3) is 5.91 Å². The van der Waals surface area contributed by atoms with E-state index in [0.29, 0.717) is 6.54 Å². The van der Waals surface area contributed by atoms with Gasteiger partial charge in [-0.15, -0.1) is 0 Å². The van der Waals surface area contributed by atoms with Gasteiger partial charge in [0, 0.05) is 32.7 Å². The second-order valence-corrected chi connectivity index (χ2v) is 7.80. The number of carbonyl (C=O) groups excluding carboxylic acids is 1. The minimum absolute atomic E-state index is 0.0255. The molecule has 3 heterocycles. The number of rotatable bonds is 1. The number of hydrogen-bond donors (Lipinski definition) is 1. The van der Waals surface area contributed by atoms with Crippen LogP contribution in [0, 0.1) is 0 Å². The lowest BCUT2D eigenvalue weighted by Crippen LogP contribution is -2.44. The summed E-state index contributed by atoms with van der Waals surface area (Å²) in [6.45, 7) is 0.516. The van der Waals surface area contributed by atoms with Gasteiger partial charge in [0.05, 0.1) is 17.2 Å². The summed E-state index contributed by atoms with van der Waals surface area (Å²) in [7, 11) is -3.18. The Balaban J connectivity index is 1.94. The van der Waals surface area contributed by atoms with Crippen molar-refractivity contribution in [1.82, 2.24) is 19.8 Å². The smallest absolute Gasteiger partial charge is 0.335 e. The number of alkyl halides is 3. The maximum Gasteiger partial charge on any atom is 0.449 e. The molecular weight excluding hydrogens is 337 g/mol. The second-order valence-electron chi connectivity index (χ2n) is 5.50. The molecule has 23 heavy (non-hydrogen) atoms. The molecule has 11 heteroatoms. The number of imidazole rings is 1. The lowest BCUT2D eigenvalue weighted by molar-refractivity contribution is -0.147. The first kappa shape index (κ1) is 16.2. The summed E-state index contributed by atoms with van der Waals surface area (Å²) in [5, 5.41) is 2.92. The van der Waals surface area contributed by atoms with E-state index in [1.807, 2.05) is 0 Å². The van der Waals surface area contributed by atoms with Gasteiger partial charge in [0.15, 0.2) is 15.5 Å². The van der Waals surface area contributed by atoms with Gasteiger partial charge in [-0.2, -0.15) is 13.2 Å². The highest BCUT2D eigenvalue weighted by atomic mass is 32.2. The van der Waals surface area contributed by atoms with Crippen molar-refractivity contribution in [3.05, 3.63) is 17.2 Å². The van der Waals surface area contributed by atoms with Gasteiger partial charge in [0.2, 0.25) is 5.82 Å². The standard InChI is InChI=1S/C12H15F3N4O3S/c13-12(14,15)11-17-9(8-7-16-1-2-19(8)11)10(20)18-3-5-23(21,22)6-4-18/h16H,1-7H2. The fourth-order valence-electron chi connectivity index (χ4n) is 2.76. The van der Waals surface area contributed by atoms with E-state index in [-0.39, 0.29) is 49.1 Å². The SMILES string of the molecule is O=C(c1nc(C(F)(F)F)n2c1CNCC2)N1CCS(=O)(=O)CC1. The highest BCUT2D eigenvalue weighted by Crippen LogP contribution is 2.31. The van der Waals surface area contributed by atoms with E-state index in [9.17, 15) is 26.4 Å². The summed E-state index contributed by atoms with van der Waals surface area (Å²) >= 11 is 0. The number of aromatic nitrogens is 2. The lowest BCUT2D eigenvalue weighted by Gasteiger charge is -2.26. The summed E-state index contributed by atoms with van der Waals surface area (Å²) in [5.41, 5.74) is -0.0502. The summed E-state index contributed by atoms with van der Waals surface area (Å²) < 4.78 is 63.1. The van der Waals surface area contributed by atoms with Crippen LogP contribution in [-0.4, -0.2) is 59.9 Å². The highest BCUT2D eigenvalue weighted by Gasteiger charge is 2.41. The predicted octanol–water partition coefficient (Wildman–Crippen LogP) is -0.124. The van der Waals surface area contributed by atoms with Gasteiger partial charge in [-0.3, -0.25) is 4.79 Å². The van der Waals surface area contributed by atoms with Crippen LogP contribution >= 0.6 is 0 Å². The first-order chi connectivity index (χ1) is 10.7. The zero-order valence-corrected chi connectivity index (χ0v) is 12.9. The molecule has 1 amide bonds. The van der Waals surface area contributed by atoms with E-state index in [1.165, 1.54) is 4.90 Å². The van der Waals surface area contributed by atoms with E-state index in [4.69, 9.17) is 0 Å². The normalized spacial score (nSPS) is 21.1. The molecule has 1 fully saturated rings. The predicted molar refractivity (Wildman–Crippen MR) is 73.5 cm³/mol. The van der Waals surface area contributed by atoms with Crippen molar-refractivity contribution in [2.75, 3.05) is 31.1 Å². The highest BCUT2D eigenvalue weighted by molar-refractivity contribution is 7.91. The van der Waals surface area contributed by atoms with Crippen LogP contribution < -0.4 is 5.32 Å². The molecule has 1 aromatic rings. The topological polar surface area (TPSA) is 84.3 Å². The third-order valence-electron chi connectivity index (χ3n) is 3.96. The van der Waals surface area contributed by atoms with Crippen LogP contribution in [0.5, 0.6) is 0 Å². The van der Waals surface area contributed by atoms with Crippen LogP contribution in [0.2, 0.25) is 0 Å². The number of fused-ring (bicyclic) bond motifs is 1. The Morgan fingerprint density at radius 2 is 1.83 bits per heavy atom. The van der Waals surface area contributed by atoms with Crippen LogP contribution in [0.25, 0.3) is 0 Å². The minimum Gasteiger partial charge on any atom is -0.335 e. The molecule has 128 valence electrons. The Morgan fingerprint density at radius 3 is 2.43 bits per heavy atom. The first-order valence-corrected chi connectivity index (χ1v) is 8.88. The number of nitrogens with zero attached hydrogens (tertiary/aromatic N) is 3. The Hall–Kier alpha value is -1.62. The monoisotopic (exact) mass is 352 g/mol. The van der Waals surface area contributed by atoms with Crippen molar-refractivity contribution in [3.8, 4) is 0 Å². The molecule has 0 unspecified atom stereocenters. The molecule has 3 rings (SSSR count). The summed E-state index contributed by atoms with van der Waals surface area (Å²) in [6, 6.07) is 0. The van der Waals surface area contributed by atoms with Crippen molar-refractivity contribution < 1.29 is 26.4 Å². The average Bonchev–Trinajstić information content (AvgIpc) is 2.86. The third kappa shape index (κ3) is 3.07. The molecule has 0 radical (unpaired) electrons. The molecule has 2 aliphatic rings. The molecule has 1 N–H and O–H groups in total. The molecule has 0 bridgehead atoms. The molecule has 1 saturated heterocycles. The van der Waals surface area contributed by atoms with Gasteiger partial charge >= 0.3 is 6.18 Å². The largest absolute Gasteiger partial charge is 0.449 e. The zero-order chi connectivity index (χ0) is 16.8. The number of halogens is 3. The summed E-state index contributed by atoms with van der Waals surface area (Å²) in [4.78, 5) is 17.3. The Labute approximate surface area is 130 Å². The van der Waals surface area contributed by atoms with Gasteiger partial charge in [-0.05, 0) is 0 Å². The fraction of sp³-hybridized carbons (Fsp3) is 0.667. The van der Waals surface area contributed by atoms with Crippen LogP contribution in [0.15, 0.2) is 0 Å². The molecule has 0 aliphatic carbocycles. The van der Waals surface area contributed by atoms with Crippen molar-refractivity contribution in [2.24, 2.45) is 0 Å². The lowest BCUT2D eigenvalue weighted by atomic mass is 10.2. The Kier molecular flexibility index (Phi) is 3.87. The van der Waals surface area contributed by atoms with Crippen LogP contribution in [-0.2, 0) is 29.1 Å². The Morgan fingerprint density at radius 1 is 1.17 bits per heavy atom. The van der Waals surface area contributed by atoms with E-state index in [2.05, 4.69) is 10.3 Å². The fourth-order valence-corrected chi connectivity index (χ4v) is 3.96. The average molecular weight is 352 g/mol. The van der Waals surface area contributed by atoms with Crippen LogP contribution in [0.3, 0.4) is 0 Å². The van der Waals surface area contributed by atoms with Gasteiger partial charge < -0.3 is 14.8 Å². The number of amides is 1. The maximum atomic E-state index is 13.1. The molecule has 0 atom stereocenters. The van der Waals surface area contributed by atoms with E-state index >= 15 is 0 Å². The van der Waals surface area contributed by atoms with E-state index in [1.54, 1.807) is 0 Å². The minimum atomic E-state index is -4.64. The van der Waals surface area contributed by atoms with Crippen molar-refractivity contribution >= 4 is 15.7 Å². The Bertz CT molecular complexity index is 727. The number of nitrogens with one attached hydrogen (secondary N) is 1. The van der Waals surface area contributed by atoms with Crippen molar-refractivity contribution in [1.29, 1.82) is 0 Å². The summed E-state index contributed by atoms with van der Waals surface area (Å²) in [6.07, 6.45) is -4.64. The number of sulfone groups is 1. The van der Waals surface area contributed by atoms with Gasteiger partial charge in [0.1, 0.15) is 0 Å².